The summed E-state index contributed by atoms with van der Waals surface area (Å²) in [7, 11) is 0. The number of fused-ring (bicyclic) bond motifs is 1. The molecular weight excluding hydrogens is 310 g/mol. The Hall–Kier alpha value is -2.14. The number of hydrogen-bond donors (Lipinski definition) is 1. The van der Waals surface area contributed by atoms with Gasteiger partial charge in [0.15, 0.2) is 11.5 Å². The largest absolute Gasteiger partial charge is 0.454 e. The minimum Gasteiger partial charge on any atom is -0.454 e. The van der Waals surface area contributed by atoms with Crippen molar-refractivity contribution >= 4 is 17.7 Å². The quantitative estimate of drug-likeness (QED) is 0.623. The SMILES string of the molecule is O=C(CCCSc1ccccc1)NCc1ccc2c(c1)OCO2. The molecule has 0 spiro atoms. The zero-order valence-electron chi connectivity index (χ0n) is 12.8. The fourth-order valence-electron chi connectivity index (χ4n) is 2.28. The monoisotopic (exact) mass is 329 g/mol. The van der Waals surface area contributed by atoms with Crippen LogP contribution in [0.5, 0.6) is 11.5 Å². The highest BCUT2D eigenvalue weighted by atomic mass is 32.2. The molecule has 0 aromatic heterocycles. The molecule has 0 saturated carbocycles. The van der Waals surface area contributed by atoms with Crippen molar-refractivity contribution in [1.29, 1.82) is 0 Å². The molecule has 0 atom stereocenters. The van der Waals surface area contributed by atoms with Crippen LogP contribution in [0.2, 0.25) is 0 Å². The third-order valence-corrected chi connectivity index (χ3v) is 4.59. The van der Waals surface area contributed by atoms with Gasteiger partial charge in [0.2, 0.25) is 12.7 Å². The van der Waals surface area contributed by atoms with E-state index in [1.54, 1.807) is 11.8 Å². The van der Waals surface area contributed by atoms with Crippen LogP contribution < -0.4 is 14.8 Å². The zero-order chi connectivity index (χ0) is 15.9. The van der Waals surface area contributed by atoms with Crippen LogP contribution in [0.25, 0.3) is 0 Å². The Morgan fingerprint density at radius 1 is 1.09 bits per heavy atom. The molecule has 1 aliphatic rings. The molecule has 1 N–H and O–H groups in total. The summed E-state index contributed by atoms with van der Waals surface area (Å²) in [6.45, 7) is 0.783. The lowest BCUT2D eigenvalue weighted by atomic mass is 10.2. The minimum absolute atomic E-state index is 0.0799. The second-order valence-corrected chi connectivity index (χ2v) is 6.40. The lowest BCUT2D eigenvalue weighted by molar-refractivity contribution is -0.121. The molecular formula is C18H19NO3S. The third-order valence-electron chi connectivity index (χ3n) is 3.49. The van der Waals surface area contributed by atoms with Crippen molar-refractivity contribution in [3.05, 3.63) is 54.1 Å². The van der Waals surface area contributed by atoms with E-state index in [1.807, 2.05) is 36.4 Å². The van der Waals surface area contributed by atoms with E-state index >= 15 is 0 Å². The van der Waals surface area contributed by atoms with Gasteiger partial charge in [0.05, 0.1) is 0 Å². The summed E-state index contributed by atoms with van der Waals surface area (Å²) in [5, 5.41) is 2.94. The number of ether oxygens (including phenoxy) is 2. The van der Waals surface area contributed by atoms with Gasteiger partial charge in [-0.1, -0.05) is 24.3 Å². The summed E-state index contributed by atoms with van der Waals surface area (Å²) in [6, 6.07) is 16.0. The molecule has 3 rings (SSSR count). The Morgan fingerprint density at radius 3 is 2.78 bits per heavy atom. The number of rotatable bonds is 7. The highest BCUT2D eigenvalue weighted by Crippen LogP contribution is 2.32. The predicted octanol–water partition coefficient (Wildman–Crippen LogP) is 3.60. The number of carbonyl (C=O) groups is 1. The predicted molar refractivity (Wildman–Crippen MR) is 90.8 cm³/mol. The van der Waals surface area contributed by atoms with Crippen molar-refractivity contribution < 1.29 is 14.3 Å². The van der Waals surface area contributed by atoms with Gasteiger partial charge >= 0.3 is 0 Å². The van der Waals surface area contributed by atoms with Crippen molar-refractivity contribution in [2.45, 2.75) is 24.3 Å². The van der Waals surface area contributed by atoms with Crippen LogP contribution >= 0.6 is 11.8 Å². The van der Waals surface area contributed by atoms with Gasteiger partial charge in [-0.15, -0.1) is 11.8 Å². The van der Waals surface area contributed by atoms with Crippen molar-refractivity contribution in [1.82, 2.24) is 5.32 Å². The minimum atomic E-state index is 0.0799. The van der Waals surface area contributed by atoms with Gasteiger partial charge in [0, 0.05) is 17.9 Å². The van der Waals surface area contributed by atoms with Crippen LogP contribution in [0.4, 0.5) is 0 Å². The van der Waals surface area contributed by atoms with Crippen molar-refractivity contribution in [3.8, 4) is 11.5 Å². The van der Waals surface area contributed by atoms with Gasteiger partial charge in [-0.2, -0.15) is 0 Å². The van der Waals surface area contributed by atoms with E-state index in [0.29, 0.717) is 13.0 Å². The number of hydrogen-bond acceptors (Lipinski definition) is 4. The Kier molecular flexibility index (Phi) is 5.42. The van der Waals surface area contributed by atoms with E-state index in [2.05, 4.69) is 17.4 Å². The molecule has 2 aromatic rings. The van der Waals surface area contributed by atoms with Crippen LogP contribution in [-0.2, 0) is 11.3 Å². The summed E-state index contributed by atoms with van der Waals surface area (Å²) in [4.78, 5) is 13.1. The van der Waals surface area contributed by atoms with Crippen LogP contribution in [0, 0.1) is 0 Å². The van der Waals surface area contributed by atoms with Crippen LogP contribution in [0.1, 0.15) is 18.4 Å². The van der Waals surface area contributed by atoms with Gasteiger partial charge in [-0.05, 0) is 42.0 Å². The molecule has 2 aromatic carbocycles. The van der Waals surface area contributed by atoms with Gasteiger partial charge in [0.1, 0.15) is 0 Å². The number of thioether (sulfide) groups is 1. The maximum Gasteiger partial charge on any atom is 0.231 e. The molecule has 4 nitrogen and oxygen atoms in total. The fraction of sp³-hybridized carbons (Fsp3) is 0.278. The summed E-state index contributed by atoms with van der Waals surface area (Å²) in [6.07, 6.45) is 1.41. The maximum absolute atomic E-state index is 11.9. The molecule has 0 fully saturated rings. The number of nitrogens with one attached hydrogen (secondary N) is 1. The van der Waals surface area contributed by atoms with Crippen molar-refractivity contribution in [3.63, 3.8) is 0 Å². The summed E-state index contributed by atoms with van der Waals surface area (Å²) >= 11 is 1.78. The van der Waals surface area contributed by atoms with E-state index in [9.17, 15) is 4.79 Å². The smallest absolute Gasteiger partial charge is 0.231 e. The normalized spacial score (nSPS) is 12.2. The molecule has 1 aliphatic heterocycles. The van der Waals surface area contributed by atoms with Crippen molar-refractivity contribution in [2.75, 3.05) is 12.5 Å². The zero-order valence-corrected chi connectivity index (χ0v) is 13.6. The molecule has 5 heteroatoms. The molecule has 23 heavy (non-hydrogen) atoms. The molecule has 0 unspecified atom stereocenters. The van der Waals surface area contributed by atoms with E-state index in [4.69, 9.17) is 9.47 Å². The first-order valence-electron chi connectivity index (χ1n) is 7.64. The molecule has 1 amide bonds. The Labute approximate surface area is 140 Å². The lowest BCUT2D eigenvalue weighted by Gasteiger charge is -2.06. The van der Waals surface area contributed by atoms with Gasteiger partial charge < -0.3 is 14.8 Å². The summed E-state index contributed by atoms with van der Waals surface area (Å²) < 4.78 is 10.6. The van der Waals surface area contributed by atoms with Crippen LogP contribution in [0.15, 0.2) is 53.4 Å². The first-order valence-corrected chi connectivity index (χ1v) is 8.63. The Morgan fingerprint density at radius 2 is 1.91 bits per heavy atom. The first-order chi connectivity index (χ1) is 11.3. The molecule has 1 heterocycles. The first kappa shape index (κ1) is 15.7. The van der Waals surface area contributed by atoms with Gasteiger partial charge in [-0.25, -0.2) is 0 Å². The second-order valence-electron chi connectivity index (χ2n) is 5.23. The van der Waals surface area contributed by atoms with E-state index in [1.165, 1.54) is 4.90 Å². The Bertz CT molecular complexity index is 661. The number of carbonyl (C=O) groups excluding carboxylic acids is 1. The average Bonchev–Trinajstić information content (AvgIpc) is 3.05. The van der Waals surface area contributed by atoms with E-state index < -0.39 is 0 Å². The molecule has 0 saturated heterocycles. The second kappa shape index (κ2) is 7.92. The maximum atomic E-state index is 11.9. The number of amides is 1. The molecule has 0 aliphatic carbocycles. The molecule has 0 radical (unpaired) electrons. The summed E-state index contributed by atoms with van der Waals surface area (Å²) in [5.74, 6) is 2.53. The summed E-state index contributed by atoms with van der Waals surface area (Å²) in [5.41, 5.74) is 1.02. The third kappa shape index (κ3) is 4.66. The Balaban J connectivity index is 1.35. The lowest BCUT2D eigenvalue weighted by Crippen LogP contribution is -2.22. The highest BCUT2D eigenvalue weighted by Gasteiger charge is 2.13. The van der Waals surface area contributed by atoms with Gasteiger partial charge in [-0.3, -0.25) is 4.79 Å². The van der Waals surface area contributed by atoms with E-state index in [0.717, 1.165) is 29.2 Å². The number of benzene rings is 2. The standard InChI is InChI=1S/C18H19NO3S/c20-18(7-4-10-23-15-5-2-1-3-6-15)19-12-14-8-9-16-17(11-14)22-13-21-16/h1-3,5-6,8-9,11H,4,7,10,12-13H2,(H,19,20). The molecule has 0 bridgehead atoms. The van der Waals surface area contributed by atoms with E-state index in [-0.39, 0.29) is 12.7 Å². The highest BCUT2D eigenvalue weighted by molar-refractivity contribution is 7.99. The van der Waals surface area contributed by atoms with Crippen molar-refractivity contribution in [2.24, 2.45) is 0 Å². The topological polar surface area (TPSA) is 47.6 Å². The molecule has 120 valence electrons. The van der Waals surface area contributed by atoms with Crippen LogP contribution in [-0.4, -0.2) is 18.5 Å². The van der Waals surface area contributed by atoms with Gasteiger partial charge in [0.25, 0.3) is 0 Å². The average molecular weight is 329 g/mol. The fourth-order valence-corrected chi connectivity index (χ4v) is 3.15. The van der Waals surface area contributed by atoms with Crippen LogP contribution in [0.3, 0.4) is 0 Å².